The first kappa shape index (κ1) is 25.7. The zero-order valence-corrected chi connectivity index (χ0v) is 23.8. The minimum atomic E-state index is -1.24. The number of methoxy groups -OCH3 is 2. The quantitative estimate of drug-likeness (QED) is 0.166. The molecule has 0 aliphatic carbocycles. The molecule has 0 saturated carbocycles. The van der Waals surface area contributed by atoms with E-state index in [9.17, 15) is 0 Å². The lowest BCUT2D eigenvalue weighted by atomic mass is 9.83. The molecule has 12 nitrogen and oxygen atoms in total. The van der Waals surface area contributed by atoms with Crippen LogP contribution in [0.5, 0.6) is 11.5 Å². The zero-order chi connectivity index (χ0) is 29.7. The van der Waals surface area contributed by atoms with Gasteiger partial charge in [0, 0.05) is 11.1 Å². The molecular weight excluding hydrogens is 556 g/mol. The fourth-order valence-electron chi connectivity index (χ4n) is 5.89. The molecule has 4 heterocycles. The number of imidazole rings is 2. The van der Waals surface area contributed by atoms with E-state index >= 15 is 0 Å². The molecule has 0 atom stereocenters. The van der Waals surface area contributed by atoms with Crippen LogP contribution in [0.1, 0.15) is 11.1 Å². The van der Waals surface area contributed by atoms with Crippen molar-refractivity contribution >= 4 is 45.9 Å². The summed E-state index contributed by atoms with van der Waals surface area (Å²) in [4.78, 5) is 26.5. The number of hydrogen-bond donors (Lipinski definition) is 6. The fraction of sp³-hybridized carbons (Fsp3) is 0.125. The number of benzene rings is 4. The second-order valence-electron chi connectivity index (χ2n) is 10.5. The van der Waals surface area contributed by atoms with Crippen LogP contribution in [0, 0.1) is 0 Å². The number of hydrogen-bond acceptors (Lipinski definition) is 10. The van der Waals surface area contributed by atoms with Crippen molar-refractivity contribution in [3.05, 3.63) is 108 Å². The Morgan fingerprint density at radius 3 is 1.61 bits per heavy atom. The maximum Gasteiger partial charge on any atom is 0.228 e. The average molecular weight is 585 g/mol. The molecule has 8 rings (SSSR count). The Kier molecular flexibility index (Phi) is 5.69. The van der Waals surface area contributed by atoms with Crippen LogP contribution in [0.4, 0.5) is 11.9 Å². The van der Waals surface area contributed by atoms with Crippen LogP contribution in [0.2, 0.25) is 0 Å². The number of aromatic amines is 2. The number of anilines is 2. The van der Waals surface area contributed by atoms with Crippen molar-refractivity contribution in [2.24, 2.45) is 9.98 Å². The van der Waals surface area contributed by atoms with Crippen LogP contribution in [0.3, 0.4) is 0 Å². The molecule has 0 fully saturated rings. The summed E-state index contributed by atoms with van der Waals surface area (Å²) >= 11 is 0. The molecule has 12 heteroatoms. The summed E-state index contributed by atoms with van der Waals surface area (Å²) in [6.07, 6.45) is 0. The van der Waals surface area contributed by atoms with Crippen LogP contribution in [-0.4, -0.2) is 46.1 Å². The van der Waals surface area contributed by atoms with Gasteiger partial charge in [-0.05, 0) is 48.5 Å². The molecule has 0 radical (unpaired) electrons. The zero-order valence-electron chi connectivity index (χ0n) is 23.8. The molecule has 218 valence electrons. The van der Waals surface area contributed by atoms with Crippen LogP contribution in [-0.2, 0) is 11.3 Å². The molecule has 0 unspecified atom stereocenters. The number of aliphatic imine (C=N–C) groups is 2. The number of H-pyrrole nitrogens is 2. The SMILES string of the molecule is COc1cccc(C23N=C(Nc4nc5ccccc5[nH]4)NC2(c2cccc(OC)c2)NC(Nc2nc4ccccc4[nH]2)=N3)c1. The maximum absolute atomic E-state index is 5.64. The van der Waals surface area contributed by atoms with Gasteiger partial charge in [0.1, 0.15) is 11.5 Å². The monoisotopic (exact) mass is 584 g/mol. The Hall–Kier alpha value is -6.04. The first-order chi connectivity index (χ1) is 21.6. The minimum absolute atomic E-state index is 0.466. The highest BCUT2D eigenvalue weighted by molar-refractivity contribution is 6.01. The van der Waals surface area contributed by atoms with E-state index in [1.54, 1.807) is 14.2 Å². The third kappa shape index (κ3) is 3.99. The number of aromatic nitrogens is 4. The van der Waals surface area contributed by atoms with Gasteiger partial charge in [0.2, 0.25) is 29.5 Å². The van der Waals surface area contributed by atoms with Gasteiger partial charge < -0.3 is 30.1 Å². The summed E-state index contributed by atoms with van der Waals surface area (Å²) in [6, 6.07) is 31.3. The number of para-hydroxylation sites is 4. The van der Waals surface area contributed by atoms with E-state index in [1.165, 1.54) is 0 Å². The lowest BCUT2D eigenvalue weighted by molar-refractivity contribution is 0.233. The van der Waals surface area contributed by atoms with Crippen LogP contribution < -0.4 is 30.7 Å². The highest BCUT2D eigenvalue weighted by Crippen LogP contribution is 2.50. The largest absolute Gasteiger partial charge is 0.497 e. The smallest absolute Gasteiger partial charge is 0.228 e. The van der Waals surface area contributed by atoms with Crippen LogP contribution in [0.15, 0.2) is 107 Å². The van der Waals surface area contributed by atoms with Gasteiger partial charge in [0.05, 0.1) is 36.3 Å². The normalized spacial score (nSPS) is 20.4. The van der Waals surface area contributed by atoms with Crippen molar-refractivity contribution in [2.75, 3.05) is 24.9 Å². The Morgan fingerprint density at radius 1 is 0.591 bits per heavy atom. The predicted octanol–water partition coefficient (Wildman–Crippen LogP) is 4.60. The number of fused-ring (bicyclic) bond motifs is 3. The highest BCUT2D eigenvalue weighted by atomic mass is 16.5. The van der Waals surface area contributed by atoms with Gasteiger partial charge in [-0.3, -0.25) is 10.6 Å². The molecule has 6 aromatic rings. The molecule has 0 amide bonds. The van der Waals surface area contributed by atoms with E-state index in [4.69, 9.17) is 29.4 Å². The third-order valence-electron chi connectivity index (χ3n) is 7.91. The minimum Gasteiger partial charge on any atom is -0.497 e. The van der Waals surface area contributed by atoms with E-state index in [-0.39, 0.29) is 0 Å². The van der Waals surface area contributed by atoms with Gasteiger partial charge in [0.25, 0.3) is 0 Å². The Labute approximate surface area is 251 Å². The van der Waals surface area contributed by atoms with Crippen molar-refractivity contribution in [2.45, 2.75) is 11.3 Å². The highest BCUT2D eigenvalue weighted by Gasteiger charge is 2.64. The molecule has 0 spiro atoms. The topological polar surface area (TPSA) is 149 Å². The van der Waals surface area contributed by atoms with Crippen LogP contribution >= 0.6 is 0 Å². The van der Waals surface area contributed by atoms with Crippen LogP contribution in [0.25, 0.3) is 22.1 Å². The predicted molar refractivity (Wildman–Crippen MR) is 170 cm³/mol. The van der Waals surface area contributed by atoms with Gasteiger partial charge in [0.15, 0.2) is 5.66 Å². The summed E-state index contributed by atoms with van der Waals surface area (Å²) in [6.45, 7) is 0. The molecule has 2 aliphatic heterocycles. The number of nitrogens with zero attached hydrogens (tertiary/aromatic N) is 4. The maximum atomic E-state index is 5.64. The molecule has 0 saturated heterocycles. The van der Waals surface area contributed by atoms with Gasteiger partial charge in [-0.1, -0.05) is 48.5 Å². The molecule has 0 bridgehead atoms. The number of guanidine groups is 2. The first-order valence-electron chi connectivity index (χ1n) is 14.1. The summed E-state index contributed by atoms with van der Waals surface area (Å²) in [5.74, 6) is 3.39. The Morgan fingerprint density at radius 2 is 1.09 bits per heavy atom. The molecule has 2 aliphatic rings. The third-order valence-corrected chi connectivity index (χ3v) is 7.91. The molecule has 2 aromatic heterocycles. The van der Waals surface area contributed by atoms with Gasteiger partial charge in [-0.2, -0.15) is 0 Å². The van der Waals surface area contributed by atoms with Gasteiger partial charge in [-0.15, -0.1) is 0 Å². The van der Waals surface area contributed by atoms with E-state index < -0.39 is 11.3 Å². The molecule has 44 heavy (non-hydrogen) atoms. The van der Waals surface area contributed by atoms with E-state index in [1.807, 2.05) is 97.1 Å². The summed E-state index contributed by atoms with van der Waals surface area (Å²) in [7, 11) is 3.29. The summed E-state index contributed by atoms with van der Waals surface area (Å²) < 4.78 is 11.3. The standard InChI is InChI=1S/C32H28N10O2/c1-43-21-11-7-9-19(17-21)31-32(20-10-8-12-22(18-20)44-2,41-29(39-31)37-27-33-23-13-3-4-14-24(23)34-27)42-30(40-31)38-28-35-25-15-5-6-16-26(25)36-28/h3-18H,1-2H3,(H3,33,34,37,39,41)(H3,35,36,38,40,42). The van der Waals surface area contributed by atoms with Crippen molar-refractivity contribution in [3.8, 4) is 11.5 Å². The van der Waals surface area contributed by atoms with Crippen molar-refractivity contribution in [1.82, 2.24) is 30.6 Å². The Bertz CT molecular complexity index is 1930. The summed E-state index contributed by atoms with van der Waals surface area (Å²) in [5, 5.41) is 14.0. The van der Waals surface area contributed by atoms with E-state index in [2.05, 4.69) is 31.2 Å². The molecule has 6 N–H and O–H groups in total. The number of rotatable bonds is 6. The van der Waals surface area contributed by atoms with Gasteiger partial charge in [-0.25, -0.2) is 20.0 Å². The van der Waals surface area contributed by atoms with Crippen molar-refractivity contribution in [3.63, 3.8) is 0 Å². The summed E-state index contributed by atoms with van der Waals surface area (Å²) in [5.41, 5.74) is 2.80. The second kappa shape index (κ2) is 9.76. The number of nitrogens with one attached hydrogen (secondary N) is 6. The van der Waals surface area contributed by atoms with Crippen molar-refractivity contribution in [1.29, 1.82) is 0 Å². The first-order valence-corrected chi connectivity index (χ1v) is 14.1. The lowest BCUT2D eigenvalue weighted by Crippen LogP contribution is -2.60. The average Bonchev–Trinajstić information content (AvgIpc) is 3.80. The fourth-order valence-corrected chi connectivity index (χ4v) is 5.89. The second-order valence-corrected chi connectivity index (χ2v) is 10.5. The molecule has 4 aromatic carbocycles. The van der Waals surface area contributed by atoms with Gasteiger partial charge >= 0.3 is 0 Å². The lowest BCUT2D eigenvalue weighted by Gasteiger charge is -2.37. The number of ether oxygens (including phenoxy) is 2. The Balaban J connectivity index is 1.29. The molecular formula is C32H28N10O2. The van der Waals surface area contributed by atoms with Crippen molar-refractivity contribution < 1.29 is 9.47 Å². The van der Waals surface area contributed by atoms with E-state index in [0.717, 1.165) is 33.2 Å². The van der Waals surface area contributed by atoms with E-state index in [0.29, 0.717) is 35.3 Å².